The summed E-state index contributed by atoms with van der Waals surface area (Å²) in [5.41, 5.74) is 1.38. The Morgan fingerprint density at radius 1 is 1.46 bits per heavy atom. The van der Waals surface area contributed by atoms with Crippen molar-refractivity contribution >= 4 is 16.5 Å². The highest BCUT2D eigenvalue weighted by molar-refractivity contribution is 7.13. The van der Waals surface area contributed by atoms with Gasteiger partial charge in [0.05, 0.1) is 5.69 Å². The van der Waals surface area contributed by atoms with Crippen LogP contribution >= 0.6 is 11.3 Å². The SMILES string of the molecule is CC(C)(C)c1csc(NC2CC2)n1. The molecule has 0 aliphatic heterocycles. The Morgan fingerprint density at radius 2 is 2.15 bits per heavy atom. The molecular weight excluding hydrogens is 180 g/mol. The highest BCUT2D eigenvalue weighted by Gasteiger charge is 2.23. The Morgan fingerprint density at radius 3 is 2.62 bits per heavy atom. The Bertz CT molecular complexity index is 294. The third kappa shape index (κ3) is 2.21. The summed E-state index contributed by atoms with van der Waals surface area (Å²) in [6.45, 7) is 6.59. The lowest BCUT2D eigenvalue weighted by Crippen LogP contribution is -2.11. The Labute approximate surface area is 83.4 Å². The second-order valence-corrected chi connectivity index (χ2v) is 5.56. The van der Waals surface area contributed by atoms with E-state index < -0.39 is 0 Å². The molecule has 1 N–H and O–H groups in total. The lowest BCUT2D eigenvalue weighted by Gasteiger charge is -2.14. The van der Waals surface area contributed by atoms with Crippen molar-refractivity contribution in [3.8, 4) is 0 Å². The summed E-state index contributed by atoms with van der Waals surface area (Å²) in [6.07, 6.45) is 2.62. The van der Waals surface area contributed by atoms with E-state index in [0.29, 0.717) is 6.04 Å². The van der Waals surface area contributed by atoms with Crippen molar-refractivity contribution < 1.29 is 0 Å². The van der Waals surface area contributed by atoms with E-state index >= 15 is 0 Å². The number of hydrogen-bond acceptors (Lipinski definition) is 3. The zero-order valence-corrected chi connectivity index (χ0v) is 9.24. The van der Waals surface area contributed by atoms with Crippen molar-refractivity contribution in [2.45, 2.75) is 45.1 Å². The normalized spacial score (nSPS) is 17.5. The molecule has 0 bridgehead atoms. The van der Waals surface area contributed by atoms with E-state index in [-0.39, 0.29) is 5.41 Å². The average molecular weight is 196 g/mol. The molecule has 1 aromatic heterocycles. The van der Waals surface area contributed by atoms with Gasteiger partial charge in [-0.1, -0.05) is 20.8 Å². The van der Waals surface area contributed by atoms with E-state index in [0.717, 1.165) is 5.13 Å². The topological polar surface area (TPSA) is 24.9 Å². The van der Waals surface area contributed by atoms with Gasteiger partial charge in [-0.2, -0.15) is 0 Å². The number of rotatable bonds is 2. The van der Waals surface area contributed by atoms with E-state index in [9.17, 15) is 0 Å². The quantitative estimate of drug-likeness (QED) is 0.786. The molecule has 0 aromatic carbocycles. The molecule has 2 nitrogen and oxygen atoms in total. The van der Waals surface area contributed by atoms with E-state index in [4.69, 9.17) is 0 Å². The fraction of sp³-hybridized carbons (Fsp3) is 0.700. The zero-order valence-electron chi connectivity index (χ0n) is 8.42. The molecular formula is C10H16N2S. The van der Waals surface area contributed by atoms with E-state index in [1.54, 1.807) is 11.3 Å². The van der Waals surface area contributed by atoms with Crippen LogP contribution in [0.5, 0.6) is 0 Å². The van der Waals surface area contributed by atoms with Crippen molar-refractivity contribution in [3.63, 3.8) is 0 Å². The molecule has 0 unspecified atom stereocenters. The molecule has 1 aliphatic rings. The predicted octanol–water partition coefficient (Wildman–Crippen LogP) is 3.01. The van der Waals surface area contributed by atoms with Crippen LogP contribution in [0.3, 0.4) is 0 Å². The van der Waals surface area contributed by atoms with E-state index in [1.807, 2.05) is 0 Å². The van der Waals surface area contributed by atoms with Crippen LogP contribution in [0.4, 0.5) is 5.13 Å². The van der Waals surface area contributed by atoms with Crippen LogP contribution in [-0.4, -0.2) is 11.0 Å². The Balaban J connectivity index is 2.08. The van der Waals surface area contributed by atoms with Crippen molar-refractivity contribution in [2.24, 2.45) is 0 Å². The summed E-state index contributed by atoms with van der Waals surface area (Å²) in [5.74, 6) is 0. The molecule has 2 rings (SSSR count). The first kappa shape index (κ1) is 9.00. The van der Waals surface area contributed by atoms with Gasteiger partial charge in [0, 0.05) is 16.8 Å². The number of anilines is 1. The maximum absolute atomic E-state index is 4.57. The maximum Gasteiger partial charge on any atom is 0.183 e. The molecule has 0 spiro atoms. The van der Waals surface area contributed by atoms with Gasteiger partial charge in [0.1, 0.15) is 0 Å². The molecule has 0 radical (unpaired) electrons. The number of nitrogens with one attached hydrogen (secondary N) is 1. The molecule has 1 heterocycles. The number of aromatic nitrogens is 1. The Kier molecular flexibility index (Phi) is 2.06. The Hall–Kier alpha value is -0.570. The summed E-state index contributed by atoms with van der Waals surface area (Å²) in [5, 5.41) is 6.66. The summed E-state index contributed by atoms with van der Waals surface area (Å²) in [6, 6.07) is 0.707. The second kappa shape index (κ2) is 2.98. The molecule has 1 saturated carbocycles. The predicted molar refractivity (Wildman–Crippen MR) is 57.5 cm³/mol. The zero-order chi connectivity index (χ0) is 9.47. The molecule has 3 heteroatoms. The minimum Gasteiger partial charge on any atom is -0.359 e. The first-order chi connectivity index (χ1) is 6.05. The fourth-order valence-electron chi connectivity index (χ4n) is 1.09. The van der Waals surface area contributed by atoms with Gasteiger partial charge in [0.15, 0.2) is 5.13 Å². The van der Waals surface area contributed by atoms with Gasteiger partial charge in [-0.05, 0) is 12.8 Å². The molecule has 0 saturated heterocycles. The smallest absolute Gasteiger partial charge is 0.183 e. The molecule has 0 amide bonds. The first-order valence-electron chi connectivity index (χ1n) is 4.78. The minimum absolute atomic E-state index is 0.181. The van der Waals surface area contributed by atoms with Crippen LogP contribution in [0.2, 0.25) is 0 Å². The maximum atomic E-state index is 4.57. The highest BCUT2D eigenvalue weighted by atomic mass is 32.1. The van der Waals surface area contributed by atoms with Crippen molar-refractivity contribution in [1.82, 2.24) is 4.98 Å². The van der Waals surface area contributed by atoms with Crippen LogP contribution in [0.15, 0.2) is 5.38 Å². The standard InChI is InChI=1S/C10H16N2S/c1-10(2,3)8-6-13-9(12-8)11-7-4-5-7/h6-7H,4-5H2,1-3H3,(H,11,12). The number of thiazole rings is 1. The highest BCUT2D eigenvalue weighted by Crippen LogP contribution is 2.30. The van der Waals surface area contributed by atoms with Crippen LogP contribution in [0, 0.1) is 0 Å². The van der Waals surface area contributed by atoms with Gasteiger partial charge in [0.25, 0.3) is 0 Å². The van der Waals surface area contributed by atoms with Crippen LogP contribution in [-0.2, 0) is 5.41 Å². The summed E-state index contributed by atoms with van der Waals surface area (Å²) < 4.78 is 0. The van der Waals surface area contributed by atoms with E-state index in [2.05, 4.69) is 36.5 Å². The number of hydrogen-bond donors (Lipinski definition) is 1. The van der Waals surface area contributed by atoms with Crippen LogP contribution in [0.25, 0.3) is 0 Å². The van der Waals surface area contributed by atoms with Crippen LogP contribution in [0.1, 0.15) is 39.3 Å². The molecule has 72 valence electrons. The van der Waals surface area contributed by atoms with Gasteiger partial charge in [0.2, 0.25) is 0 Å². The van der Waals surface area contributed by atoms with Gasteiger partial charge >= 0.3 is 0 Å². The van der Waals surface area contributed by atoms with Gasteiger partial charge in [-0.25, -0.2) is 4.98 Å². The second-order valence-electron chi connectivity index (χ2n) is 4.71. The molecule has 1 aromatic rings. The lowest BCUT2D eigenvalue weighted by molar-refractivity contribution is 0.573. The largest absolute Gasteiger partial charge is 0.359 e. The summed E-state index contributed by atoms with van der Waals surface area (Å²) in [7, 11) is 0. The average Bonchev–Trinajstić information content (AvgIpc) is 2.63. The summed E-state index contributed by atoms with van der Waals surface area (Å²) >= 11 is 1.72. The van der Waals surface area contributed by atoms with Gasteiger partial charge in [-0.15, -0.1) is 11.3 Å². The van der Waals surface area contributed by atoms with Crippen molar-refractivity contribution in [2.75, 3.05) is 5.32 Å². The monoisotopic (exact) mass is 196 g/mol. The molecule has 13 heavy (non-hydrogen) atoms. The fourth-order valence-corrected chi connectivity index (χ4v) is 2.10. The van der Waals surface area contributed by atoms with Crippen molar-refractivity contribution in [3.05, 3.63) is 11.1 Å². The van der Waals surface area contributed by atoms with Crippen LogP contribution < -0.4 is 5.32 Å². The van der Waals surface area contributed by atoms with E-state index in [1.165, 1.54) is 18.5 Å². The number of nitrogens with zero attached hydrogens (tertiary/aromatic N) is 1. The summed E-state index contributed by atoms with van der Waals surface area (Å²) in [4.78, 5) is 4.57. The lowest BCUT2D eigenvalue weighted by atomic mass is 9.93. The first-order valence-corrected chi connectivity index (χ1v) is 5.66. The minimum atomic E-state index is 0.181. The van der Waals surface area contributed by atoms with Crippen molar-refractivity contribution in [1.29, 1.82) is 0 Å². The molecule has 1 aliphatic carbocycles. The van der Waals surface area contributed by atoms with Gasteiger partial charge < -0.3 is 5.32 Å². The van der Waals surface area contributed by atoms with Gasteiger partial charge in [-0.3, -0.25) is 0 Å². The third-order valence-electron chi connectivity index (χ3n) is 2.18. The molecule has 0 atom stereocenters. The molecule has 1 fully saturated rings. The third-order valence-corrected chi connectivity index (χ3v) is 2.95.